The fraction of sp³-hybridized carbons (Fsp3) is 0.682. The fourth-order valence-electron chi connectivity index (χ4n) is 5.04. The van der Waals surface area contributed by atoms with Gasteiger partial charge in [-0.25, -0.2) is 13.9 Å². The molecule has 174 valence electrons. The van der Waals surface area contributed by atoms with Crippen molar-refractivity contribution in [1.82, 2.24) is 14.7 Å². The van der Waals surface area contributed by atoms with Gasteiger partial charge in [-0.1, -0.05) is 0 Å². The standard InChI is InChI=1S/C22H36N4O4S/c1-15-16(2)18(4)20(19(5)17(15)3)25-11-13-26(14-12-25)31(29,30)22(21(27)23-28)7-9-24(6)10-8-22/h28H,7-14H2,1-6H3,(H,23,27). The van der Waals surface area contributed by atoms with Gasteiger partial charge in [0.05, 0.1) is 0 Å². The Bertz CT molecular complexity index is 931. The molecule has 31 heavy (non-hydrogen) atoms. The van der Waals surface area contributed by atoms with Gasteiger partial charge in [0, 0.05) is 31.9 Å². The first-order chi connectivity index (χ1) is 14.5. The third-order valence-corrected chi connectivity index (χ3v) is 10.3. The van der Waals surface area contributed by atoms with Crippen molar-refractivity contribution < 1.29 is 18.4 Å². The number of benzene rings is 1. The number of nitrogens with one attached hydrogen (secondary N) is 1. The number of hydroxylamine groups is 1. The molecule has 2 aliphatic rings. The molecule has 0 bridgehead atoms. The van der Waals surface area contributed by atoms with Crippen LogP contribution in [-0.4, -0.2) is 79.8 Å². The zero-order valence-corrected chi connectivity index (χ0v) is 20.4. The van der Waals surface area contributed by atoms with Crippen molar-refractivity contribution in [3.8, 4) is 0 Å². The Morgan fingerprint density at radius 1 is 0.839 bits per heavy atom. The maximum absolute atomic E-state index is 13.6. The Balaban J connectivity index is 1.86. The van der Waals surface area contributed by atoms with Gasteiger partial charge in [-0.2, -0.15) is 4.31 Å². The Kier molecular flexibility index (Phi) is 6.72. The predicted octanol–water partition coefficient (Wildman–Crippen LogP) is 1.65. The molecule has 1 aromatic carbocycles. The van der Waals surface area contributed by atoms with Gasteiger partial charge < -0.3 is 9.80 Å². The molecule has 0 radical (unpaired) electrons. The minimum Gasteiger partial charge on any atom is -0.368 e. The first-order valence-electron chi connectivity index (χ1n) is 10.9. The van der Waals surface area contributed by atoms with Gasteiger partial charge in [-0.15, -0.1) is 0 Å². The number of carbonyl (C=O) groups excluding carboxylic acids is 1. The molecule has 9 heteroatoms. The summed E-state index contributed by atoms with van der Waals surface area (Å²) < 4.78 is 27.1. The Hall–Kier alpha value is -1.68. The first-order valence-corrected chi connectivity index (χ1v) is 12.4. The van der Waals surface area contributed by atoms with Crippen molar-refractivity contribution in [2.75, 3.05) is 51.2 Å². The van der Waals surface area contributed by atoms with Gasteiger partial charge in [0.25, 0.3) is 5.91 Å². The van der Waals surface area contributed by atoms with Gasteiger partial charge >= 0.3 is 0 Å². The van der Waals surface area contributed by atoms with Crippen molar-refractivity contribution in [3.63, 3.8) is 0 Å². The minimum atomic E-state index is -3.92. The van der Waals surface area contributed by atoms with Crippen LogP contribution in [0, 0.1) is 34.6 Å². The molecule has 0 aliphatic carbocycles. The third kappa shape index (κ3) is 3.86. The van der Waals surface area contributed by atoms with E-state index in [9.17, 15) is 18.4 Å². The second kappa shape index (κ2) is 8.69. The van der Waals surface area contributed by atoms with E-state index in [0.717, 1.165) is 0 Å². The predicted molar refractivity (Wildman–Crippen MR) is 122 cm³/mol. The smallest absolute Gasteiger partial charge is 0.266 e. The molecule has 0 aromatic heterocycles. The van der Waals surface area contributed by atoms with Crippen molar-refractivity contribution in [2.45, 2.75) is 52.2 Å². The van der Waals surface area contributed by atoms with Gasteiger partial charge in [-0.05, 0) is 95.4 Å². The van der Waals surface area contributed by atoms with Gasteiger partial charge in [0.15, 0.2) is 4.75 Å². The maximum Gasteiger partial charge on any atom is 0.266 e. The van der Waals surface area contributed by atoms with Crippen LogP contribution in [0.1, 0.15) is 40.7 Å². The van der Waals surface area contributed by atoms with E-state index in [4.69, 9.17) is 0 Å². The zero-order chi connectivity index (χ0) is 23.1. The van der Waals surface area contributed by atoms with Crippen molar-refractivity contribution in [1.29, 1.82) is 0 Å². The van der Waals surface area contributed by atoms with Crippen LogP contribution in [-0.2, 0) is 14.8 Å². The lowest BCUT2D eigenvalue weighted by molar-refractivity contribution is -0.133. The van der Waals surface area contributed by atoms with E-state index in [-0.39, 0.29) is 12.8 Å². The van der Waals surface area contributed by atoms with Gasteiger partial charge in [-0.3, -0.25) is 10.0 Å². The second-order valence-corrected chi connectivity index (χ2v) is 11.4. The third-order valence-electron chi connectivity index (χ3n) is 7.66. The quantitative estimate of drug-likeness (QED) is 0.533. The average molecular weight is 453 g/mol. The highest BCUT2D eigenvalue weighted by molar-refractivity contribution is 7.91. The minimum absolute atomic E-state index is 0.174. The number of likely N-dealkylation sites (tertiary alicyclic amines) is 1. The summed E-state index contributed by atoms with van der Waals surface area (Å²) in [5.74, 6) is -0.820. The van der Waals surface area contributed by atoms with Crippen LogP contribution >= 0.6 is 0 Å². The van der Waals surface area contributed by atoms with E-state index in [1.807, 2.05) is 11.9 Å². The highest BCUT2D eigenvalue weighted by atomic mass is 32.2. The SMILES string of the molecule is Cc1c(C)c(C)c(N2CCN(S(=O)(=O)C3(C(=O)NO)CCN(C)CC3)CC2)c(C)c1C. The number of rotatable bonds is 4. The second-order valence-electron chi connectivity index (χ2n) is 9.10. The summed E-state index contributed by atoms with van der Waals surface area (Å²) in [6, 6.07) is 0. The number of anilines is 1. The van der Waals surface area contributed by atoms with E-state index in [1.54, 1.807) is 5.48 Å². The maximum atomic E-state index is 13.6. The lowest BCUT2D eigenvalue weighted by Crippen LogP contribution is -2.63. The molecule has 0 spiro atoms. The van der Waals surface area contributed by atoms with Crippen molar-refractivity contribution in [2.24, 2.45) is 0 Å². The van der Waals surface area contributed by atoms with Crippen molar-refractivity contribution in [3.05, 3.63) is 27.8 Å². The topological polar surface area (TPSA) is 93.2 Å². The van der Waals surface area contributed by atoms with Crippen molar-refractivity contribution >= 4 is 21.6 Å². The molecule has 2 saturated heterocycles. The summed E-state index contributed by atoms with van der Waals surface area (Å²) in [5, 5.41) is 9.30. The lowest BCUT2D eigenvalue weighted by atomic mass is 9.92. The average Bonchev–Trinajstić information content (AvgIpc) is 2.76. The molecule has 0 atom stereocenters. The summed E-state index contributed by atoms with van der Waals surface area (Å²) in [5.41, 5.74) is 9.16. The molecule has 2 fully saturated rings. The van der Waals surface area contributed by atoms with Crippen LogP contribution in [0.5, 0.6) is 0 Å². The summed E-state index contributed by atoms with van der Waals surface area (Å²) in [7, 11) is -2.02. The van der Waals surface area contributed by atoms with Gasteiger partial charge in [0.2, 0.25) is 10.0 Å². The number of piperidine rings is 1. The van der Waals surface area contributed by atoms with Crippen LogP contribution in [0.15, 0.2) is 0 Å². The highest BCUT2D eigenvalue weighted by Crippen LogP contribution is 2.36. The van der Waals surface area contributed by atoms with Crippen LogP contribution in [0.3, 0.4) is 0 Å². The highest BCUT2D eigenvalue weighted by Gasteiger charge is 2.54. The van der Waals surface area contributed by atoms with E-state index in [0.29, 0.717) is 39.3 Å². The van der Waals surface area contributed by atoms with Crippen LogP contribution in [0.25, 0.3) is 0 Å². The molecule has 8 nitrogen and oxygen atoms in total. The number of hydrogen-bond acceptors (Lipinski definition) is 6. The zero-order valence-electron chi connectivity index (χ0n) is 19.6. The summed E-state index contributed by atoms with van der Waals surface area (Å²) >= 11 is 0. The molecule has 2 N–H and O–H groups in total. The number of hydrogen-bond donors (Lipinski definition) is 2. The monoisotopic (exact) mass is 452 g/mol. The summed E-state index contributed by atoms with van der Waals surface area (Å²) in [6.45, 7) is 13.5. The van der Waals surface area contributed by atoms with E-state index in [1.165, 1.54) is 37.8 Å². The Morgan fingerprint density at radius 3 is 1.74 bits per heavy atom. The molecular weight excluding hydrogens is 416 g/mol. The summed E-state index contributed by atoms with van der Waals surface area (Å²) in [4.78, 5) is 16.8. The largest absolute Gasteiger partial charge is 0.368 e. The molecule has 2 aliphatic heterocycles. The molecular formula is C22H36N4O4S. The molecule has 3 rings (SSSR count). The molecule has 1 aromatic rings. The van der Waals surface area contributed by atoms with E-state index < -0.39 is 20.7 Å². The Morgan fingerprint density at radius 2 is 1.29 bits per heavy atom. The van der Waals surface area contributed by atoms with Crippen LogP contribution in [0.2, 0.25) is 0 Å². The molecule has 2 heterocycles. The van der Waals surface area contributed by atoms with Crippen LogP contribution in [0.4, 0.5) is 5.69 Å². The number of sulfonamides is 1. The molecule has 0 unspecified atom stereocenters. The number of amides is 1. The fourth-order valence-corrected chi connectivity index (χ4v) is 7.15. The summed E-state index contributed by atoms with van der Waals surface area (Å²) in [6.07, 6.45) is 0.347. The molecule has 0 saturated carbocycles. The first kappa shape index (κ1) is 24.0. The van der Waals surface area contributed by atoms with E-state index in [2.05, 4.69) is 39.5 Å². The van der Waals surface area contributed by atoms with Gasteiger partial charge in [0.1, 0.15) is 0 Å². The normalized spacial score (nSPS) is 20.7. The van der Waals surface area contributed by atoms with E-state index >= 15 is 0 Å². The number of carbonyl (C=O) groups is 1. The molecule has 1 amide bonds. The van der Waals surface area contributed by atoms with Crippen LogP contribution < -0.4 is 10.4 Å². The number of nitrogens with zero attached hydrogens (tertiary/aromatic N) is 3. The Labute approximate surface area is 186 Å². The lowest BCUT2D eigenvalue weighted by Gasteiger charge is -2.44. The number of piperazine rings is 1.